The Morgan fingerprint density at radius 3 is 2.83 bits per heavy atom. The van der Waals surface area contributed by atoms with Crippen LogP contribution in [0.4, 0.5) is 0 Å². The molecule has 1 aromatic carbocycles. The fourth-order valence-corrected chi connectivity index (χ4v) is 3.63. The third kappa shape index (κ3) is 3.79. The van der Waals surface area contributed by atoms with E-state index in [1.54, 1.807) is 17.0 Å². The molecule has 0 aromatic heterocycles. The quantitative estimate of drug-likeness (QED) is 0.899. The average molecular weight is 358 g/mol. The van der Waals surface area contributed by atoms with Crippen LogP contribution >= 0.6 is 23.2 Å². The minimum atomic E-state index is -0.915. The van der Waals surface area contributed by atoms with Gasteiger partial charge in [0.15, 0.2) is 0 Å². The zero-order valence-electron chi connectivity index (χ0n) is 12.4. The van der Waals surface area contributed by atoms with Gasteiger partial charge in [0.25, 0.3) is 0 Å². The maximum absolute atomic E-state index is 12.6. The summed E-state index contributed by atoms with van der Waals surface area (Å²) < 4.78 is 5.40. The number of hydrogen-bond acceptors (Lipinski definition) is 3. The molecule has 1 aliphatic carbocycles. The molecule has 1 heterocycles. The monoisotopic (exact) mass is 357 g/mol. The number of halogens is 2. The Kier molecular flexibility index (Phi) is 4.80. The van der Waals surface area contributed by atoms with Crippen LogP contribution in [0.15, 0.2) is 18.2 Å². The van der Waals surface area contributed by atoms with E-state index in [-0.39, 0.29) is 24.2 Å². The summed E-state index contributed by atoms with van der Waals surface area (Å²) in [6, 6.07) is 5.34. The molecule has 3 atom stereocenters. The number of hydrogen-bond donors (Lipinski definition) is 1. The van der Waals surface area contributed by atoms with Crippen molar-refractivity contribution in [3.63, 3.8) is 0 Å². The van der Waals surface area contributed by atoms with Gasteiger partial charge in [-0.2, -0.15) is 0 Å². The molecule has 5 nitrogen and oxygen atoms in total. The lowest BCUT2D eigenvalue weighted by atomic mass is 10.1. The van der Waals surface area contributed by atoms with Gasteiger partial charge in [0.1, 0.15) is 0 Å². The summed E-state index contributed by atoms with van der Waals surface area (Å²) in [7, 11) is 0. The molecule has 1 saturated carbocycles. The number of aliphatic carboxylic acids is 1. The number of carboxylic acid groups (broad SMARTS) is 1. The lowest BCUT2D eigenvalue weighted by Crippen LogP contribution is -2.47. The minimum absolute atomic E-state index is 0.0553. The Labute approximate surface area is 144 Å². The van der Waals surface area contributed by atoms with Gasteiger partial charge in [0.2, 0.25) is 5.91 Å². The fourth-order valence-electron chi connectivity index (χ4n) is 3.09. The molecule has 1 aliphatic heterocycles. The molecule has 1 N–H and O–H groups in total. The van der Waals surface area contributed by atoms with Crippen LogP contribution in [0.1, 0.15) is 24.3 Å². The zero-order chi connectivity index (χ0) is 16.6. The maximum atomic E-state index is 12.6. The Morgan fingerprint density at radius 2 is 2.13 bits per heavy atom. The van der Waals surface area contributed by atoms with Crippen molar-refractivity contribution >= 4 is 35.1 Å². The topological polar surface area (TPSA) is 66.8 Å². The third-order valence-electron chi connectivity index (χ3n) is 4.32. The second kappa shape index (κ2) is 6.67. The molecule has 0 bridgehead atoms. The summed E-state index contributed by atoms with van der Waals surface area (Å²) in [6.45, 7) is 1.22. The second-order valence-electron chi connectivity index (χ2n) is 5.99. The summed E-state index contributed by atoms with van der Waals surface area (Å²) in [5, 5.41) is 10.0. The Morgan fingerprint density at radius 1 is 1.35 bits per heavy atom. The van der Waals surface area contributed by atoms with Gasteiger partial charge in [-0.15, -0.1) is 0 Å². The number of rotatable bonds is 4. The molecule has 1 saturated heterocycles. The number of benzene rings is 1. The standard InChI is InChI=1S/C16H17Cl2NO4/c17-9-1-2-11(14(18)5-9)12-7-13(12)16(22)19-3-4-23-10(8-19)6-15(20)21/h1-2,5,10,12-13H,3-4,6-8H2,(H,20,21). The van der Waals surface area contributed by atoms with E-state index >= 15 is 0 Å². The fraction of sp³-hybridized carbons (Fsp3) is 0.500. The zero-order valence-corrected chi connectivity index (χ0v) is 13.9. The van der Waals surface area contributed by atoms with Gasteiger partial charge in [-0.3, -0.25) is 9.59 Å². The number of carboxylic acids is 1. The van der Waals surface area contributed by atoms with E-state index in [9.17, 15) is 9.59 Å². The molecule has 7 heteroatoms. The van der Waals surface area contributed by atoms with Crippen LogP contribution in [-0.2, 0) is 14.3 Å². The van der Waals surface area contributed by atoms with Gasteiger partial charge in [-0.05, 0) is 30.0 Å². The molecule has 0 spiro atoms. The van der Waals surface area contributed by atoms with Crippen molar-refractivity contribution in [2.75, 3.05) is 19.7 Å². The van der Waals surface area contributed by atoms with Crippen LogP contribution in [0, 0.1) is 5.92 Å². The maximum Gasteiger partial charge on any atom is 0.306 e. The summed E-state index contributed by atoms with van der Waals surface area (Å²) in [5.41, 5.74) is 0.949. The van der Waals surface area contributed by atoms with Crippen LogP contribution in [0.5, 0.6) is 0 Å². The van der Waals surface area contributed by atoms with Gasteiger partial charge in [0.05, 0.1) is 19.1 Å². The lowest BCUT2D eigenvalue weighted by molar-refractivity contribution is -0.148. The van der Waals surface area contributed by atoms with E-state index in [1.165, 1.54) is 0 Å². The molecule has 0 radical (unpaired) electrons. The lowest BCUT2D eigenvalue weighted by Gasteiger charge is -2.32. The Hall–Kier alpha value is -1.30. The number of amides is 1. The number of morpholine rings is 1. The van der Waals surface area contributed by atoms with Gasteiger partial charge in [-0.1, -0.05) is 29.3 Å². The predicted octanol–water partition coefficient (Wildman–Crippen LogP) is 2.80. The normalized spacial score (nSPS) is 26.9. The van der Waals surface area contributed by atoms with E-state index in [0.717, 1.165) is 12.0 Å². The van der Waals surface area contributed by atoms with E-state index in [0.29, 0.717) is 29.7 Å². The molecule has 1 amide bonds. The van der Waals surface area contributed by atoms with Crippen LogP contribution in [0.3, 0.4) is 0 Å². The molecular formula is C16H17Cl2NO4. The largest absolute Gasteiger partial charge is 0.481 e. The van der Waals surface area contributed by atoms with Crippen molar-refractivity contribution in [2.24, 2.45) is 5.92 Å². The first-order chi connectivity index (χ1) is 11.0. The van der Waals surface area contributed by atoms with Gasteiger partial charge >= 0.3 is 5.97 Å². The van der Waals surface area contributed by atoms with E-state index in [4.69, 9.17) is 33.0 Å². The van der Waals surface area contributed by atoms with Crippen LogP contribution < -0.4 is 0 Å². The van der Waals surface area contributed by atoms with E-state index < -0.39 is 12.1 Å². The van der Waals surface area contributed by atoms with E-state index in [2.05, 4.69) is 0 Å². The molecule has 3 rings (SSSR count). The van der Waals surface area contributed by atoms with Crippen molar-refractivity contribution in [2.45, 2.75) is 24.9 Å². The summed E-state index contributed by atoms with van der Waals surface area (Å²) in [4.78, 5) is 25.1. The molecule has 23 heavy (non-hydrogen) atoms. The first-order valence-electron chi connectivity index (χ1n) is 7.53. The first-order valence-corrected chi connectivity index (χ1v) is 8.28. The highest BCUT2D eigenvalue weighted by Crippen LogP contribution is 2.50. The molecule has 1 aromatic rings. The number of carbonyl (C=O) groups excluding carboxylic acids is 1. The van der Waals surface area contributed by atoms with Gasteiger partial charge in [0, 0.05) is 29.1 Å². The molecule has 124 valence electrons. The minimum Gasteiger partial charge on any atom is -0.481 e. The molecule has 2 fully saturated rings. The first kappa shape index (κ1) is 16.6. The van der Waals surface area contributed by atoms with Crippen LogP contribution in [-0.4, -0.2) is 47.7 Å². The van der Waals surface area contributed by atoms with Crippen molar-refractivity contribution < 1.29 is 19.4 Å². The highest BCUT2D eigenvalue weighted by atomic mass is 35.5. The van der Waals surface area contributed by atoms with Crippen LogP contribution in [0.25, 0.3) is 0 Å². The van der Waals surface area contributed by atoms with Gasteiger partial charge < -0.3 is 14.7 Å². The highest BCUT2D eigenvalue weighted by molar-refractivity contribution is 6.35. The van der Waals surface area contributed by atoms with Crippen molar-refractivity contribution in [3.05, 3.63) is 33.8 Å². The van der Waals surface area contributed by atoms with Crippen molar-refractivity contribution in [1.82, 2.24) is 4.90 Å². The number of nitrogens with zero attached hydrogens (tertiary/aromatic N) is 1. The van der Waals surface area contributed by atoms with Gasteiger partial charge in [-0.25, -0.2) is 0 Å². The summed E-state index contributed by atoms with van der Waals surface area (Å²) >= 11 is 12.1. The second-order valence-corrected chi connectivity index (χ2v) is 6.83. The highest BCUT2D eigenvalue weighted by Gasteiger charge is 2.47. The molecular weight excluding hydrogens is 341 g/mol. The Balaban J connectivity index is 1.62. The average Bonchev–Trinajstić information content (AvgIpc) is 3.26. The molecule has 3 unspecified atom stereocenters. The SMILES string of the molecule is O=C(O)CC1CN(C(=O)C2CC2c2ccc(Cl)cc2Cl)CCO1. The molecule has 2 aliphatic rings. The van der Waals surface area contributed by atoms with Crippen molar-refractivity contribution in [3.8, 4) is 0 Å². The number of ether oxygens (including phenoxy) is 1. The number of carbonyl (C=O) groups is 2. The summed E-state index contributed by atoms with van der Waals surface area (Å²) in [6.07, 6.45) is 0.253. The predicted molar refractivity (Wildman–Crippen MR) is 85.9 cm³/mol. The van der Waals surface area contributed by atoms with E-state index in [1.807, 2.05) is 6.07 Å². The smallest absolute Gasteiger partial charge is 0.306 e. The Bertz CT molecular complexity index is 637. The third-order valence-corrected chi connectivity index (χ3v) is 4.88. The summed E-state index contributed by atoms with van der Waals surface area (Å²) in [5.74, 6) is -0.827. The van der Waals surface area contributed by atoms with Crippen molar-refractivity contribution in [1.29, 1.82) is 0 Å². The van der Waals surface area contributed by atoms with Crippen LogP contribution in [0.2, 0.25) is 10.0 Å².